The van der Waals surface area contributed by atoms with Crippen molar-refractivity contribution in [1.29, 1.82) is 0 Å². The Kier molecular flexibility index (Phi) is 5.70. The van der Waals surface area contributed by atoms with Gasteiger partial charge in [0.05, 0.1) is 17.0 Å². The molecule has 138 valence electrons. The number of hydrogen-bond donors (Lipinski definition) is 1. The first-order valence-electron chi connectivity index (χ1n) is 7.76. The van der Waals surface area contributed by atoms with Gasteiger partial charge in [-0.05, 0) is 42.5 Å². The van der Waals surface area contributed by atoms with Crippen LogP contribution in [0.2, 0.25) is 0 Å². The van der Waals surface area contributed by atoms with Crippen molar-refractivity contribution in [3.05, 3.63) is 66.5 Å². The van der Waals surface area contributed by atoms with Crippen LogP contribution in [-0.4, -0.2) is 26.8 Å². The van der Waals surface area contributed by atoms with Gasteiger partial charge in [-0.1, -0.05) is 17.8 Å². The Balaban J connectivity index is 1.56. The number of amides is 1. The van der Waals surface area contributed by atoms with E-state index < -0.39 is 17.6 Å². The molecule has 3 rings (SSSR count). The molecule has 0 spiro atoms. The Bertz CT molecular complexity index is 918. The Morgan fingerprint density at radius 3 is 2.48 bits per heavy atom. The van der Waals surface area contributed by atoms with Gasteiger partial charge in [-0.3, -0.25) is 9.78 Å². The molecule has 5 nitrogen and oxygen atoms in total. The van der Waals surface area contributed by atoms with Crippen molar-refractivity contribution in [2.45, 2.75) is 11.2 Å². The molecule has 0 bridgehead atoms. The van der Waals surface area contributed by atoms with Crippen LogP contribution in [0.15, 0.2) is 66.0 Å². The van der Waals surface area contributed by atoms with Crippen molar-refractivity contribution in [3.8, 4) is 11.3 Å². The predicted octanol–water partition coefficient (Wildman–Crippen LogP) is 4.29. The molecular weight excluding hydrogens is 377 g/mol. The van der Waals surface area contributed by atoms with Gasteiger partial charge < -0.3 is 5.32 Å². The molecule has 0 saturated heterocycles. The number of pyridine rings is 1. The van der Waals surface area contributed by atoms with Crippen LogP contribution in [0.1, 0.15) is 5.56 Å². The van der Waals surface area contributed by atoms with Crippen LogP contribution < -0.4 is 5.32 Å². The van der Waals surface area contributed by atoms with Crippen LogP contribution in [0.4, 0.5) is 18.9 Å². The number of anilines is 1. The van der Waals surface area contributed by atoms with Gasteiger partial charge in [0.2, 0.25) is 5.91 Å². The lowest BCUT2D eigenvalue weighted by atomic mass is 10.2. The first-order valence-corrected chi connectivity index (χ1v) is 8.74. The minimum Gasteiger partial charge on any atom is -0.325 e. The molecule has 0 aliphatic heterocycles. The minimum absolute atomic E-state index is 0.000467. The van der Waals surface area contributed by atoms with E-state index in [1.807, 2.05) is 0 Å². The fraction of sp³-hybridized carbons (Fsp3) is 0.111. The highest BCUT2D eigenvalue weighted by atomic mass is 32.2. The van der Waals surface area contributed by atoms with Crippen LogP contribution >= 0.6 is 11.8 Å². The lowest BCUT2D eigenvalue weighted by Gasteiger charge is -2.09. The van der Waals surface area contributed by atoms with E-state index in [1.165, 1.54) is 12.1 Å². The summed E-state index contributed by atoms with van der Waals surface area (Å²) in [6.45, 7) is 0. The van der Waals surface area contributed by atoms with Gasteiger partial charge in [0.25, 0.3) is 0 Å². The van der Waals surface area contributed by atoms with E-state index >= 15 is 0 Å². The van der Waals surface area contributed by atoms with Crippen LogP contribution in [0.3, 0.4) is 0 Å². The number of nitrogens with zero attached hydrogens (tertiary/aromatic N) is 3. The molecule has 2 aromatic heterocycles. The average molecular weight is 390 g/mol. The second-order valence-electron chi connectivity index (χ2n) is 5.41. The third-order valence-corrected chi connectivity index (χ3v) is 4.36. The molecule has 0 aliphatic carbocycles. The highest BCUT2D eigenvalue weighted by molar-refractivity contribution is 7.99. The highest BCUT2D eigenvalue weighted by Gasteiger charge is 2.30. The van der Waals surface area contributed by atoms with Crippen LogP contribution in [0.5, 0.6) is 0 Å². The number of benzene rings is 1. The lowest BCUT2D eigenvalue weighted by Crippen LogP contribution is -2.15. The summed E-state index contributed by atoms with van der Waals surface area (Å²) in [7, 11) is 0. The fourth-order valence-electron chi connectivity index (χ4n) is 2.18. The minimum atomic E-state index is -4.46. The zero-order valence-corrected chi connectivity index (χ0v) is 14.6. The molecule has 0 aliphatic rings. The molecule has 0 atom stereocenters. The highest BCUT2D eigenvalue weighted by Crippen LogP contribution is 2.30. The SMILES string of the molecule is O=C(CSc1ccc(-c2ccncc2)nn1)Nc1cccc(C(F)(F)F)c1. The Labute approximate surface area is 157 Å². The number of rotatable bonds is 5. The average Bonchev–Trinajstić information content (AvgIpc) is 2.67. The maximum Gasteiger partial charge on any atom is 0.416 e. The largest absolute Gasteiger partial charge is 0.416 e. The Morgan fingerprint density at radius 2 is 1.81 bits per heavy atom. The van der Waals surface area contributed by atoms with Crippen LogP contribution in [0.25, 0.3) is 11.3 Å². The molecule has 0 saturated carbocycles. The van der Waals surface area contributed by atoms with E-state index in [4.69, 9.17) is 0 Å². The monoisotopic (exact) mass is 390 g/mol. The molecule has 1 amide bonds. The topological polar surface area (TPSA) is 67.8 Å². The van der Waals surface area contributed by atoms with Crippen molar-refractivity contribution in [2.75, 3.05) is 11.1 Å². The number of hydrogen-bond acceptors (Lipinski definition) is 5. The van der Waals surface area contributed by atoms with Crippen LogP contribution in [0, 0.1) is 0 Å². The van der Waals surface area contributed by atoms with Gasteiger partial charge in [0, 0.05) is 23.6 Å². The maximum atomic E-state index is 12.7. The van der Waals surface area contributed by atoms with Crippen molar-refractivity contribution in [2.24, 2.45) is 0 Å². The van der Waals surface area contributed by atoms with Gasteiger partial charge in [0.15, 0.2) is 0 Å². The number of carbonyl (C=O) groups is 1. The van der Waals surface area contributed by atoms with Gasteiger partial charge in [-0.2, -0.15) is 13.2 Å². The second kappa shape index (κ2) is 8.17. The number of carbonyl (C=O) groups excluding carboxylic acids is 1. The molecule has 3 aromatic rings. The molecule has 9 heteroatoms. The van der Waals surface area contributed by atoms with Crippen molar-refractivity contribution in [1.82, 2.24) is 15.2 Å². The predicted molar refractivity (Wildman–Crippen MR) is 96.1 cm³/mol. The molecule has 1 N–H and O–H groups in total. The van der Waals surface area contributed by atoms with Crippen LogP contribution in [-0.2, 0) is 11.0 Å². The summed E-state index contributed by atoms with van der Waals surface area (Å²) in [5, 5.41) is 11.1. The van der Waals surface area contributed by atoms with E-state index in [0.29, 0.717) is 10.7 Å². The lowest BCUT2D eigenvalue weighted by molar-refractivity contribution is -0.137. The number of halogens is 3. The number of thioether (sulfide) groups is 1. The Morgan fingerprint density at radius 1 is 1.04 bits per heavy atom. The molecule has 27 heavy (non-hydrogen) atoms. The summed E-state index contributed by atoms with van der Waals surface area (Å²) >= 11 is 1.14. The molecule has 2 heterocycles. The number of alkyl halides is 3. The second-order valence-corrected chi connectivity index (χ2v) is 6.40. The van der Waals surface area contributed by atoms with Crippen molar-refractivity contribution < 1.29 is 18.0 Å². The quantitative estimate of drug-likeness (QED) is 0.659. The summed E-state index contributed by atoms with van der Waals surface area (Å²) in [4.78, 5) is 15.9. The van der Waals surface area contributed by atoms with E-state index in [9.17, 15) is 18.0 Å². The number of nitrogens with one attached hydrogen (secondary N) is 1. The van der Waals surface area contributed by atoms with Crippen molar-refractivity contribution >= 4 is 23.4 Å². The zero-order chi connectivity index (χ0) is 19.3. The summed E-state index contributed by atoms with van der Waals surface area (Å²) < 4.78 is 38.1. The Hall–Kier alpha value is -2.94. The van der Waals surface area contributed by atoms with Gasteiger partial charge >= 0.3 is 6.18 Å². The molecular formula is C18H13F3N4OS. The smallest absolute Gasteiger partial charge is 0.325 e. The van der Waals surface area contributed by atoms with E-state index in [-0.39, 0.29) is 11.4 Å². The summed E-state index contributed by atoms with van der Waals surface area (Å²) in [6, 6.07) is 11.6. The standard InChI is InChI=1S/C18H13F3N4OS/c19-18(20,21)13-2-1-3-14(10-13)23-16(26)11-27-17-5-4-15(24-25-17)12-6-8-22-9-7-12/h1-10H,11H2,(H,23,26). The first kappa shape index (κ1) is 18.8. The first-order chi connectivity index (χ1) is 12.9. The summed E-state index contributed by atoms with van der Waals surface area (Å²) in [6.07, 6.45) is -1.16. The van der Waals surface area contributed by atoms with Gasteiger partial charge in [0.1, 0.15) is 5.03 Å². The van der Waals surface area contributed by atoms with E-state index in [0.717, 1.165) is 29.5 Å². The van der Waals surface area contributed by atoms with Crippen molar-refractivity contribution in [3.63, 3.8) is 0 Å². The summed E-state index contributed by atoms with van der Waals surface area (Å²) in [5.41, 5.74) is 0.826. The molecule has 1 aromatic carbocycles. The van der Waals surface area contributed by atoms with Gasteiger partial charge in [-0.15, -0.1) is 10.2 Å². The van der Waals surface area contributed by atoms with Gasteiger partial charge in [-0.25, -0.2) is 0 Å². The maximum absolute atomic E-state index is 12.7. The third kappa shape index (κ3) is 5.27. The third-order valence-electron chi connectivity index (χ3n) is 3.44. The molecule has 0 radical (unpaired) electrons. The zero-order valence-electron chi connectivity index (χ0n) is 13.8. The summed E-state index contributed by atoms with van der Waals surface area (Å²) in [5.74, 6) is -0.432. The number of aromatic nitrogens is 3. The normalized spacial score (nSPS) is 11.2. The molecule has 0 fully saturated rings. The van der Waals surface area contributed by atoms with E-state index in [1.54, 1.807) is 36.7 Å². The fourth-order valence-corrected chi connectivity index (χ4v) is 2.80. The van der Waals surface area contributed by atoms with E-state index in [2.05, 4.69) is 20.5 Å². The molecule has 0 unspecified atom stereocenters.